The first-order chi connectivity index (χ1) is 8.90. The van der Waals surface area contributed by atoms with Crippen LogP contribution in [0.2, 0.25) is 5.28 Å². The minimum Gasteiger partial charge on any atom is -0.464 e. The molecule has 0 aliphatic rings. The number of rotatable bonds is 3. The molecule has 0 spiro atoms. The molecule has 0 saturated carbocycles. The Morgan fingerprint density at radius 3 is 2.63 bits per heavy atom. The number of alkyl halides is 3. The Labute approximate surface area is 110 Å². The van der Waals surface area contributed by atoms with Crippen LogP contribution in [-0.4, -0.2) is 31.3 Å². The number of hydrogen-bond acceptors (Lipinski definition) is 5. The first-order valence-corrected chi connectivity index (χ1v) is 5.45. The maximum absolute atomic E-state index is 12.4. The second kappa shape index (κ2) is 5.00. The summed E-state index contributed by atoms with van der Waals surface area (Å²) in [4.78, 5) is 11.1. The van der Waals surface area contributed by atoms with E-state index in [0.29, 0.717) is 0 Å². The Kier molecular flexibility index (Phi) is 3.56. The van der Waals surface area contributed by atoms with Crippen molar-refractivity contribution < 1.29 is 17.9 Å². The fourth-order valence-corrected chi connectivity index (χ4v) is 1.35. The maximum atomic E-state index is 12.4. The molecule has 6 nitrogen and oxygen atoms in total. The van der Waals surface area contributed by atoms with E-state index in [2.05, 4.69) is 20.1 Å². The highest BCUT2D eigenvalue weighted by Gasteiger charge is 2.33. The van der Waals surface area contributed by atoms with Gasteiger partial charge in [-0.15, -0.1) is 0 Å². The number of halogens is 4. The van der Waals surface area contributed by atoms with Crippen molar-refractivity contribution >= 4 is 11.6 Å². The van der Waals surface area contributed by atoms with Crippen molar-refractivity contribution in [1.29, 1.82) is 0 Å². The van der Waals surface area contributed by atoms with E-state index in [9.17, 15) is 13.2 Å². The number of ether oxygens (including phenoxy) is 1. The summed E-state index contributed by atoms with van der Waals surface area (Å²) < 4.78 is 43.1. The van der Waals surface area contributed by atoms with E-state index in [1.165, 1.54) is 0 Å². The first-order valence-electron chi connectivity index (χ1n) is 5.07. The molecule has 2 heterocycles. The van der Waals surface area contributed by atoms with Crippen molar-refractivity contribution in [3.63, 3.8) is 0 Å². The van der Waals surface area contributed by atoms with E-state index in [4.69, 9.17) is 16.3 Å². The number of hydrogen-bond donors (Lipinski definition) is 0. The van der Waals surface area contributed by atoms with E-state index in [1.807, 2.05) is 0 Å². The molecule has 19 heavy (non-hydrogen) atoms. The average Bonchev–Trinajstić information content (AvgIpc) is 2.77. The summed E-state index contributed by atoms with van der Waals surface area (Å²) in [6, 6.07) is 0.722. The van der Waals surface area contributed by atoms with Gasteiger partial charge in [0.05, 0.1) is 6.61 Å². The smallest absolute Gasteiger partial charge is 0.435 e. The summed E-state index contributed by atoms with van der Waals surface area (Å²) >= 11 is 5.63. The highest BCUT2D eigenvalue weighted by atomic mass is 35.5. The summed E-state index contributed by atoms with van der Waals surface area (Å²) in [5, 5.41) is 3.12. The van der Waals surface area contributed by atoms with Gasteiger partial charge in [0, 0.05) is 6.20 Å². The molecule has 0 N–H and O–H groups in total. The molecule has 0 fully saturated rings. The molecular weight excluding hydrogens is 287 g/mol. The second-order valence-electron chi connectivity index (χ2n) is 3.26. The molecule has 2 aromatic rings. The Hall–Kier alpha value is -1.90. The van der Waals surface area contributed by atoms with Gasteiger partial charge in [-0.3, -0.25) is 0 Å². The molecule has 0 aromatic carbocycles. The fraction of sp³-hybridized carbons (Fsp3) is 0.333. The van der Waals surface area contributed by atoms with Gasteiger partial charge in [0.2, 0.25) is 5.28 Å². The molecule has 2 rings (SSSR count). The largest absolute Gasteiger partial charge is 0.464 e. The molecular formula is C9H7ClF3N5O. The lowest BCUT2D eigenvalue weighted by Crippen LogP contribution is -2.10. The van der Waals surface area contributed by atoms with Crippen LogP contribution in [0, 0.1) is 0 Å². The van der Waals surface area contributed by atoms with Crippen molar-refractivity contribution in [3.05, 3.63) is 23.2 Å². The molecule has 102 valence electrons. The molecule has 0 aliphatic carbocycles. The van der Waals surface area contributed by atoms with Gasteiger partial charge in [0.1, 0.15) is 0 Å². The van der Waals surface area contributed by atoms with Crippen molar-refractivity contribution in [2.75, 3.05) is 6.61 Å². The van der Waals surface area contributed by atoms with Crippen LogP contribution in [-0.2, 0) is 6.18 Å². The van der Waals surface area contributed by atoms with Gasteiger partial charge in [-0.2, -0.15) is 33.2 Å². The topological polar surface area (TPSA) is 65.7 Å². The third-order valence-corrected chi connectivity index (χ3v) is 2.10. The minimum absolute atomic E-state index is 0.0819. The van der Waals surface area contributed by atoms with Crippen LogP contribution < -0.4 is 4.74 Å². The van der Waals surface area contributed by atoms with Gasteiger partial charge in [-0.1, -0.05) is 0 Å². The van der Waals surface area contributed by atoms with Gasteiger partial charge in [-0.05, 0) is 24.6 Å². The number of aromatic nitrogens is 5. The minimum atomic E-state index is -4.54. The van der Waals surface area contributed by atoms with Gasteiger partial charge in [0.15, 0.2) is 5.69 Å². The van der Waals surface area contributed by atoms with E-state index in [0.717, 1.165) is 16.9 Å². The zero-order valence-corrected chi connectivity index (χ0v) is 10.3. The SMILES string of the molecule is CCOc1nc(Cl)nc(-n2ccc(C(F)(F)F)n2)n1. The van der Waals surface area contributed by atoms with E-state index >= 15 is 0 Å². The first kappa shape index (κ1) is 13.5. The van der Waals surface area contributed by atoms with Crippen LogP contribution in [0.3, 0.4) is 0 Å². The predicted octanol–water partition coefficient (Wildman–Crippen LogP) is 2.13. The molecule has 0 atom stereocenters. The molecule has 0 unspecified atom stereocenters. The molecule has 0 saturated heterocycles. The lowest BCUT2D eigenvalue weighted by molar-refractivity contribution is -0.141. The zero-order chi connectivity index (χ0) is 14.0. The van der Waals surface area contributed by atoms with E-state index in [-0.39, 0.29) is 23.8 Å². The Bertz CT molecular complexity index is 585. The third-order valence-electron chi connectivity index (χ3n) is 1.93. The summed E-state index contributed by atoms with van der Waals surface area (Å²) in [5.74, 6) is -0.154. The van der Waals surface area contributed by atoms with Crippen molar-refractivity contribution in [3.8, 4) is 12.0 Å². The Morgan fingerprint density at radius 1 is 1.32 bits per heavy atom. The summed E-state index contributed by atoms with van der Waals surface area (Å²) in [6.07, 6.45) is -3.46. The molecule has 10 heteroatoms. The van der Waals surface area contributed by atoms with E-state index in [1.54, 1.807) is 6.92 Å². The van der Waals surface area contributed by atoms with Gasteiger partial charge in [-0.25, -0.2) is 4.68 Å². The lowest BCUT2D eigenvalue weighted by Gasteiger charge is -2.04. The van der Waals surface area contributed by atoms with Gasteiger partial charge >= 0.3 is 12.2 Å². The third kappa shape index (κ3) is 3.11. The normalized spacial score (nSPS) is 11.6. The summed E-state index contributed by atoms with van der Waals surface area (Å²) in [7, 11) is 0. The molecule has 2 aromatic heterocycles. The van der Waals surface area contributed by atoms with Crippen LogP contribution >= 0.6 is 11.6 Å². The van der Waals surface area contributed by atoms with Crippen molar-refractivity contribution in [2.24, 2.45) is 0 Å². The van der Waals surface area contributed by atoms with Crippen LogP contribution in [0.15, 0.2) is 12.3 Å². The monoisotopic (exact) mass is 293 g/mol. The van der Waals surface area contributed by atoms with Crippen molar-refractivity contribution in [2.45, 2.75) is 13.1 Å². The van der Waals surface area contributed by atoms with Crippen LogP contribution in [0.1, 0.15) is 12.6 Å². The van der Waals surface area contributed by atoms with Crippen LogP contribution in [0.4, 0.5) is 13.2 Å². The predicted molar refractivity (Wildman–Crippen MR) is 58.1 cm³/mol. The summed E-state index contributed by atoms with van der Waals surface area (Å²) in [6.45, 7) is 1.99. The van der Waals surface area contributed by atoms with Gasteiger partial charge in [0.25, 0.3) is 5.95 Å². The quantitative estimate of drug-likeness (QED) is 0.867. The Balaban J connectivity index is 2.38. The maximum Gasteiger partial charge on any atom is 0.435 e. The molecule has 0 aliphatic heterocycles. The molecule has 0 radical (unpaired) electrons. The van der Waals surface area contributed by atoms with Gasteiger partial charge < -0.3 is 4.74 Å². The lowest BCUT2D eigenvalue weighted by atomic mass is 10.4. The van der Waals surface area contributed by atoms with Crippen LogP contribution in [0.25, 0.3) is 5.95 Å². The fourth-order valence-electron chi connectivity index (χ4n) is 1.20. The van der Waals surface area contributed by atoms with Crippen molar-refractivity contribution in [1.82, 2.24) is 24.7 Å². The zero-order valence-electron chi connectivity index (χ0n) is 9.52. The number of nitrogens with zero attached hydrogens (tertiary/aromatic N) is 5. The highest BCUT2D eigenvalue weighted by Crippen LogP contribution is 2.27. The molecule has 0 amide bonds. The standard InChI is InChI=1S/C9H7ClF3N5O/c1-2-19-8-15-6(10)14-7(16-8)18-4-3-5(17-18)9(11,12)13/h3-4H,2H2,1H3. The Morgan fingerprint density at radius 2 is 2.05 bits per heavy atom. The highest BCUT2D eigenvalue weighted by molar-refractivity contribution is 6.28. The second-order valence-corrected chi connectivity index (χ2v) is 3.60. The summed E-state index contributed by atoms with van der Waals surface area (Å²) in [5.41, 5.74) is -1.05. The molecule has 0 bridgehead atoms. The van der Waals surface area contributed by atoms with E-state index < -0.39 is 11.9 Å². The van der Waals surface area contributed by atoms with Crippen LogP contribution in [0.5, 0.6) is 6.01 Å². The average molecular weight is 294 g/mol.